The zero-order valence-electron chi connectivity index (χ0n) is 14.4. The lowest BCUT2D eigenvalue weighted by Crippen LogP contribution is -2.27. The average Bonchev–Trinajstić information content (AvgIpc) is 2.94. The van der Waals surface area contributed by atoms with Gasteiger partial charge in [0.25, 0.3) is 0 Å². The molecule has 0 aliphatic heterocycles. The minimum atomic E-state index is -0.00559. The van der Waals surface area contributed by atoms with Gasteiger partial charge in [0.2, 0.25) is 0 Å². The summed E-state index contributed by atoms with van der Waals surface area (Å²) >= 11 is 2.38. The van der Waals surface area contributed by atoms with Gasteiger partial charge in [-0.3, -0.25) is 4.79 Å². The van der Waals surface area contributed by atoms with Crippen molar-refractivity contribution in [1.29, 1.82) is 0 Å². The van der Waals surface area contributed by atoms with Gasteiger partial charge in [0, 0.05) is 21.2 Å². The number of Topliss-reactive ketones (excluding diaryl/α,β-unsaturated/α-hetero) is 1. The largest absolute Gasteiger partial charge is 0.312 e. The number of halogens is 1. The zero-order valence-corrected chi connectivity index (χ0v) is 16.6. The number of carbonyl (C=O) groups excluding carboxylic acids is 1. The van der Waals surface area contributed by atoms with Crippen LogP contribution in [0.5, 0.6) is 0 Å². The molecular weight excluding hydrogens is 421 g/mol. The molecule has 0 amide bonds. The van der Waals surface area contributed by atoms with Gasteiger partial charge in [-0.25, -0.2) is 0 Å². The Bertz CT molecular complexity index is 953. The number of carbonyl (C=O) groups is 1. The number of para-hydroxylation sites is 1. The second-order valence-corrected chi connectivity index (χ2v) is 8.65. The van der Waals surface area contributed by atoms with E-state index in [1.807, 2.05) is 18.2 Å². The fourth-order valence-electron chi connectivity index (χ4n) is 3.74. The van der Waals surface area contributed by atoms with Gasteiger partial charge in [0.05, 0.1) is 11.4 Å². The molecule has 1 heterocycles. The lowest BCUT2D eigenvalue weighted by molar-refractivity contribution is 0.0911. The van der Waals surface area contributed by atoms with Crippen LogP contribution in [0.4, 0.5) is 0 Å². The molecule has 25 heavy (non-hydrogen) atoms. The molecule has 3 aromatic rings. The van der Waals surface area contributed by atoms with E-state index in [1.54, 1.807) is 0 Å². The Morgan fingerprint density at radius 2 is 1.64 bits per heavy atom. The summed E-state index contributed by atoms with van der Waals surface area (Å²) in [5.41, 5.74) is 5.41. The first-order valence-corrected chi connectivity index (χ1v) is 9.62. The van der Waals surface area contributed by atoms with E-state index in [0.717, 1.165) is 34.6 Å². The normalized spacial score (nSPS) is 15.9. The summed E-state index contributed by atoms with van der Waals surface area (Å²) in [5, 5.41) is 0. The van der Waals surface area contributed by atoms with Gasteiger partial charge in [-0.15, -0.1) is 0 Å². The van der Waals surface area contributed by atoms with Crippen molar-refractivity contribution in [1.82, 2.24) is 4.57 Å². The van der Waals surface area contributed by atoms with Crippen LogP contribution in [0, 0.1) is 8.99 Å². The van der Waals surface area contributed by atoms with E-state index in [2.05, 4.69) is 83.5 Å². The average molecular weight is 441 g/mol. The van der Waals surface area contributed by atoms with Crippen molar-refractivity contribution in [3.05, 3.63) is 75.5 Å². The smallest absolute Gasteiger partial charge is 0.165 e. The van der Waals surface area contributed by atoms with Crippen molar-refractivity contribution < 1.29 is 4.79 Å². The minimum Gasteiger partial charge on any atom is -0.312 e. The molecule has 0 spiro atoms. The number of hydrogen-bond acceptors (Lipinski definition) is 1. The van der Waals surface area contributed by atoms with Crippen LogP contribution in [0.15, 0.2) is 60.7 Å². The molecule has 1 aliphatic carbocycles. The monoisotopic (exact) mass is 441 g/mol. The fraction of sp³-hybridized carbons (Fsp3) is 0.227. The molecular formula is C22H20INO. The molecule has 0 atom stereocenters. The third-order valence-electron chi connectivity index (χ3n) is 4.85. The van der Waals surface area contributed by atoms with E-state index in [0.29, 0.717) is 6.42 Å². The molecule has 3 heteroatoms. The molecule has 0 bridgehead atoms. The highest BCUT2D eigenvalue weighted by Gasteiger charge is 2.35. The molecule has 0 saturated heterocycles. The topological polar surface area (TPSA) is 22.0 Å². The van der Waals surface area contributed by atoms with E-state index in [9.17, 15) is 4.79 Å². The Balaban J connectivity index is 2.04. The maximum Gasteiger partial charge on any atom is 0.165 e. The second kappa shape index (κ2) is 6.13. The van der Waals surface area contributed by atoms with Crippen LogP contribution in [0.25, 0.3) is 16.9 Å². The summed E-state index contributed by atoms with van der Waals surface area (Å²) in [6.07, 6.45) is 1.52. The van der Waals surface area contributed by atoms with Crippen molar-refractivity contribution in [3.8, 4) is 16.9 Å². The molecule has 0 radical (unpaired) electrons. The SMILES string of the molecule is CC1(C)CC(=O)c2cc(-c3ccccc3)n(-c3ccccc3I)c2C1. The van der Waals surface area contributed by atoms with E-state index in [4.69, 9.17) is 0 Å². The molecule has 0 unspecified atom stereocenters. The molecule has 1 aliphatic rings. The molecule has 0 saturated carbocycles. The maximum atomic E-state index is 12.8. The first kappa shape index (κ1) is 16.6. The number of fused-ring (bicyclic) bond motifs is 1. The van der Waals surface area contributed by atoms with Crippen LogP contribution in [0.1, 0.15) is 36.3 Å². The van der Waals surface area contributed by atoms with Gasteiger partial charge in [0.15, 0.2) is 5.78 Å². The van der Waals surface area contributed by atoms with Crippen molar-refractivity contribution in [2.24, 2.45) is 5.41 Å². The Hall–Kier alpha value is -1.88. The number of nitrogens with zero attached hydrogens (tertiary/aromatic N) is 1. The summed E-state index contributed by atoms with van der Waals surface area (Å²) in [6.45, 7) is 4.37. The fourth-order valence-corrected chi connectivity index (χ4v) is 4.37. The molecule has 2 aromatic carbocycles. The summed E-state index contributed by atoms with van der Waals surface area (Å²) in [7, 11) is 0. The van der Waals surface area contributed by atoms with Gasteiger partial charge in [-0.05, 0) is 58.2 Å². The third kappa shape index (κ3) is 2.95. The molecule has 1 aromatic heterocycles. The second-order valence-electron chi connectivity index (χ2n) is 7.48. The quantitative estimate of drug-likeness (QED) is 0.454. The predicted molar refractivity (Wildman–Crippen MR) is 110 cm³/mol. The summed E-state index contributed by atoms with van der Waals surface area (Å²) in [4.78, 5) is 12.8. The van der Waals surface area contributed by atoms with Crippen LogP contribution in [0.2, 0.25) is 0 Å². The predicted octanol–water partition coefficient (Wildman–Crippen LogP) is 5.90. The standard InChI is InChI=1S/C22H20INO/c1-22(2)13-20-16(21(25)14-22)12-19(15-8-4-3-5-9-15)24(20)18-11-7-6-10-17(18)23/h3-12H,13-14H2,1-2H3. The first-order chi connectivity index (χ1) is 12.0. The van der Waals surface area contributed by atoms with Crippen LogP contribution in [0.3, 0.4) is 0 Å². The minimum absolute atomic E-state index is 0.00559. The molecule has 2 nitrogen and oxygen atoms in total. The Morgan fingerprint density at radius 1 is 0.960 bits per heavy atom. The van der Waals surface area contributed by atoms with Crippen LogP contribution >= 0.6 is 22.6 Å². The van der Waals surface area contributed by atoms with E-state index >= 15 is 0 Å². The van der Waals surface area contributed by atoms with Crippen molar-refractivity contribution >= 4 is 28.4 Å². The van der Waals surface area contributed by atoms with Crippen LogP contribution in [-0.4, -0.2) is 10.4 Å². The van der Waals surface area contributed by atoms with Crippen molar-refractivity contribution in [3.63, 3.8) is 0 Å². The van der Waals surface area contributed by atoms with Crippen LogP contribution < -0.4 is 0 Å². The van der Waals surface area contributed by atoms with Crippen molar-refractivity contribution in [2.45, 2.75) is 26.7 Å². The maximum absolute atomic E-state index is 12.8. The number of benzene rings is 2. The number of hydrogen-bond donors (Lipinski definition) is 0. The van der Waals surface area contributed by atoms with E-state index < -0.39 is 0 Å². The Kier molecular flexibility index (Phi) is 4.07. The van der Waals surface area contributed by atoms with Gasteiger partial charge in [-0.2, -0.15) is 0 Å². The summed E-state index contributed by atoms with van der Waals surface area (Å²) in [6, 6.07) is 20.8. The first-order valence-electron chi connectivity index (χ1n) is 8.54. The molecule has 4 rings (SSSR count). The molecule has 0 fully saturated rings. The number of ketones is 1. The highest BCUT2D eigenvalue weighted by atomic mass is 127. The lowest BCUT2D eigenvalue weighted by Gasteiger charge is -2.30. The van der Waals surface area contributed by atoms with Crippen molar-refractivity contribution in [2.75, 3.05) is 0 Å². The van der Waals surface area contributed by atoms with Gasteiger partial charge in [-0.1, -0.05) is 56.3 Å². The number of aromatic nitrogens is 1. The van der Waals surface area contributed by atoms with Crippen LogP contribution in [-0.2, 0) is 6.42 Å². The van der Waals surface area contributed by atoms with E-state index in [-0.39, 0.29) is 11.2 Å². The van der Waals surface area contributed by atoms with Gasteiger partial charge in [0.1, 0.15) is 0 Å². The summed E-state index contributed by atoms with van der Waals surface area (Å²) < 4.78 is 3.48. The lowest BCUT2D eigenvalue weighted by atomic mass is 9.76. The Morgan fingerprint density at radius 3 is 2.36 bits per heavy atom. The van der Waals surface area contributed by atoms with E-state index in [1.165, 1.54) is 3.57 Å². The zero-order chi connectivity index (χ0) is 17.6. The highest BCUT2D eigenvalue weighted by Crippen LogP contribution is 2.40. The molecule has 126 valence electrons. The molecule has 0 N–H and O–H groups in total. The van der Waals surface area contributed by atoms with Gasteiger partial charge >= 0.3 is 0 Å². The van der Waals surface area contributed by atoms with Gasteiger partial charge < -0.3 is 4.57 Å². The summed E-state index contributed by atoms with van der Waals surface area (Å²) in [5.74, 6) is 0.258. The third-order valence-corrected chi connectivity index (χ3v) is 5.76. The Labute approximate surface area is 162 Å². The highest BCUT2D eigenvalue weighted by molar-refractivity contribution is 14.1. The number of rotatable bonds is 2.